The summed E-state index contributed by atoms with van der Waals surface area (Å²) in [6.07, 6.45) is -1.11. The van der Waals surface area contributed by atoms with E-state index in [9.17, 15) is 9.90 Å². The molecule has 1 atom stereocenters. The minimum atomic E-state index is -1.11. The molecule has 1 saturated heterocycles. The van der Waals surface area contributed by atoms with Crippen LogP contribution in [0.5, 0.6) is 0 Å². The first-order chi connectivity index (χ1) is 6.37. The van der Waals surface area contributed by atoms with Gasteiger partial charge in [-0.1, -0.05) is 0 Å². The fraction of sp³-hybridized carbons (Fsp3) is 0.778. The third kappa shape index (κ3) is 1.62. The number of rotatable bonds is 2. The molecule has 1 rings (SSSR count). The topological polar surface area (TPSA) is 43.8 Å². The maximum Gasteiger partial charge on any atom is 0.279 e. The van der Waals surface area contributed by atoms with Gasteiger partial charge in [-0.2, -0.15) is 0 Å². The molecule has 14 heavy (non-hydrogen) atoms. The Hall–Kier alpha value is -0.680. The van der Waals surface area contributed by atoms with E-state index in [0.29, 0.717) is 5.11 Å². The molecule has 0 aromatic rings. The Morgan fingerprint density at radius 2 is 1.79 bits per heavy atom. The number of aliphatic hydroxyl groups excluding tert-OH is 1. The van der Waals surface area contributed by atoms with Gasteiger partial charge in [-0.05, 0) is 39.9 Å². The lowest BCUT2D eigenvalue weighted by molar-refractivity contribution is -0.138. The summed E-state index contributed by atoms with van der Waals surface area (Å²) >= 11 is 5.14. The summed E-state index contributed by atoms with van der Waals surface area (Å²) in [6, 6.07) is 0.0265. The van der Waals surface area contributed by atoms with Crippen molar-refractivity contribution in [3.05, 3.63) is 0 Å². The molecule has 1 heterocycles. The number of nitrogens with zero attached hydrogens (tertiary/aromatic N) is 2. The molecule has 0 aromatic carbocycles. The van der Waals surface area contributed by atoms with E-state index in [-0.39, 0.29) is 18.0 Å². The van der Waals surface area contributed by atoms with Gasteiger partial charge in [-0.3, -0.25) is 9.69 Å². The zero-order valence-corrected chi connectivity index (χ0v) is 9.71. The first kappa shape index (κ1) is 11.4. The maximum absolute atomic E-state index is 11.6. The van der Waals surface area contributed by atoms with E-state index in [1.807, 2.05) is 27.7 Å². The van der Waals surface area contributed by atoms with E-state index in [0.717, 1.165) is 0 Å². The smallest absolute Gasteiger partial charge is 0.279 e. The molecular formula is C9H16N2O2S. The molecule has 1 unspecified atom stereocenters. The van der Waals surface area contributed by atoms with Crippen LogP contribution < -0.4 is 0 Å². The van der Waals surface area contributed by atoms with Crippen LogP contribution in [-0.4, -0.2) is 44.2 Å². The van der Waals surface area contributed by atoms with Gasteiger partial charge in [0.05, 0.1) is 0 Å². The lowest BCUT2D eigenvalue weighted by Crippen LogP contribution is -2.41. The van der Waals surface area contributed by atoms with Crippen LogP contribution in [0, 0.1) is 0 Å². The first-order valence-electron chi connectivity index (χ1n) is 4.71. The molecule has 1 N–H and O–H groups in total. The SMILES string of the molecule is CC(C)N1C(=O)C(O)N(C(C)C)C1=S. The summed E-state index contributed by atoms with van der Waals surface area (Å²) in [4.78, 5) is 14.6. The van der Waals surface area contributed by atoms with Crippen LogP contribution in [0.2, 0.25) is 0 Å². The van der Waals surface area contributed by atoms with Crippen LogP contribution >= 0.6 is 12.2 Å². The summed E-state index contributed by atoms with van der Waals surface area (Å²) in [6.45, 7) is 7.54. The largest absolute Gasteiger partial charge is 0.365 e. The van der Waals surface area contributed by atoms with E-state index >= 15 is 0 Å². The van der Waals surface area contributed by atoms with Gasteiger partial charge in [0.1, 0.15) is 0 Å². The average molecular weight is 216 g/mol. The van der Waals surface area contributed by atoms with E-state index in [1.54, 1.807) is 4.90 Å². The van der Waals surface area contributed by atoms with Gasteiger partial charge in [-0.15, -0.1) is 0 Å². The molecule has 0 aliphatic carbocycles. The minimum Gasteiger partial charge on any atom is -0.365 e. The molecule has 0 spiro atoms. The lowest BCUT2D eigenvalue weighted by Gasteiger charge is -2.26. The van der Waals surface area contributed by atoms with Crippen molar-refractivity contribution in [1.29, 1.82) is 0 Å². The standard InChI is InChI=1S/C9H16N2O2S/c1-5(2)10-7(12)8(13)11(6(3)4)9(10)14/h5-7,12H,1-4H3. The highest BCUT2D eigenvalue weighted by Gasteiger charge is 2.43. The van der Waals surface area contributed by atoms with Crippen LogP contribution in [0.3, 0.4) is 0 Å². The summed E-state index contributed by atoms with van der Waals surface area (Å²) in [5, 5.41) is 10.1. The molecular weight excluding hydrogens is 200 g/mol. The van der Waals surface area contributed by atoms with Gasteiger partial charge in [0.25, 0.3) is 5.91 Å². The zero-order chi connectivity index (χ0) is 11.0. The number of carbonyl (C=O) groups is 1. The van der Waals surface area contributed by atoms with Gasteiger partial charge < -0.3 is 10.0 Å². The van der Waals surface area contributed by atoms with Gasteiger partial charge in [0.2, 0.25) is 6.23 Å². The number of amides is 1. The molecule has 5 heteroatoms. The maximum atomic E-state index is 11.6. The number of aliphatic hydroxyl groups is 1. The molecule has 1 aliphatic rings. The minimum absolute atomic E-state index is 0.00611. The predicted molar refractivity (Wildman–Crippen MR) is 57.6 cm³/mol. The molecule has 1 aliphatic heterocycles. The second kappa shape index (κ2) is 3.82. The van der Waals surface area contributed by atoms with Gasteiger partial charge >= 0.3 is 0 Å². The summed E-state index contributed by atoms with van der Waals surface area (Å²) < 4.78 is 0. The molecule has 0 aromatic heterocycles. The third-order valence-corrected chi connectivity index (χ3v) is 2.63. The number of hydrogen-bond acceptors (Lipinski definition) is 3. The molecule has 0 saturated carbocycles. The lowest BCUT2D eigenvalue weighted by atomic mass is 10.3. The monoisotopic (exact) mass is 216 g/mol. The Bertz CT molecular complexity index is 266. The molecule has 80 valence electrons. The van der Waals surface area contributed by atoms with Crippen LogP contribution in [0.15, 0.2) is 0 Å². The normalized spacial score (nSPS) is 23.2. The highest BCUT2D eigenvalue weighted by atomic mass is 32.1. The Balaban J connectivity index is 2.97. The van der Waals surface area contributed by atoms with Crippen molar-refractivity contribution < 1.29 is 9.90 Å². The Morgan fingerprint density at radius 1 is 1.29 bits per heavy atom. The molecule has 0 radical (unpaired) electrons. The fourth-order valence-corrected chi connectivity index (χ4v) is 2.16. The zero-order valence-electron chi connectivity index (χ0n) is 8.89. The number of carbonyl (C=O) groups excluding carboxylic acids is 1. The van der Waals surface area contributed by atoms with Crippen molar-refractivity contribution in [3.63, 3.8) is 0 Å². The van der Waals surface area contributed by atoms with Crippen LogP contribution in [0.25, 0.3) is 0 Å². The average Bonchev–Trinajstić information content (AvgIpc) is 2.23. The number of hydrogen-bond donors (Lipinski definition) is 1. The molecule has 4 nitrogen and oxygen atoms in total. The molecule has 0 bridgehead atoms. The van der Waals surface area contributed by atoms with E-state index < -0.39 is 6.23 Å². The van der Waals surface area contributed by atoms with Gasteiger partial charge in [0.15, 0.2) is 5.11 Å². The van der Waals surface area contributed by atoms with Crippen molar-refractivity contribution in [2.75, 3.05) is 0 Å². The van der Waals surface area contributed by atoms with E-state index in [2.05, 4.69) is 0 Å². The Morgan fingerprint density at radius 3 is 2.00 bits per heavy atom. The quantitative estimate of drug-likeness (QED) is 0.685. The van der Waals surface area contributed by atoms with Gasteiger partial charge in [-0.25, -0.2) is 0 Å². The predicted octanol–water partition coefficient (Wildman–Crippen LogP) is 0.551. The van der Waals surface area contributed by atoms with Crippen molar-refractivity contribution >= 4 is 23.2 Å². The molecule has 1 fully saturated rings. The number of thiocarbonyl (C=S) groups is 1. The van der Waals surface area contributed by atoms with Crippen LogP contribution in [0.1, 0.15) is 27.7 Å². The second-order valence-electron chi connectivity index (χ2n) is 3.96. The van der Waals surface area contributed by atoms with Crippen molar-refractivity contribution in [1.82, 2.24) is 9.80 Å². The van der Waals surface area contributed by atoms with Crippen molar-refractivity contribution in [2.24, 2.45) is 0 Å². The Labute approximate surface area is 89.5 Å². The van der Waals surface area contributed by atoms with Gasteiger partial charge in [0, 0.05) is 12.1 Å². The van der Waals surface area contributed by atoms with Crippen LogP contribution in [0.4, 0.5) is 0 Å². The third-order valence-electron chi connectivity index (χ3n) is 2.22. The Kier molecular flexibility index (Phi) is 3.11. The summed E-state index contributed by atoms with van der Waals surface area (Å²) in [5.41, 5.74) is 0. The van der Waals surface area contributed by atoms with E-state index in [4.69, 9.17) is 12.2 Å². The van der Waals surface area contributed by atoms with E-state index in [1.165, 1.54) is 4.90 Å². The summed E-state index contributed by atoms with van der Waals surface area (Å²) in [7, 11) is 0. The highest BCUT2D eigenvalue weighted by molar-refractivity contribution is 7.80. The summed E-state index contributed by atoms with van der Waals surface area (Å²) in [5.74, 6) is -0.321. The second-order valence-corrected chi connectivity index (χ2v) is 4.32. The fourth-order valence-electron chi connectivity index (χ4n) is 1.55. The highest BCUT2D eigenvalue weighted by Crippen LogP contribution is 2.21. The van der Waals surface area contributed by atoms with Crippen LogP contribution in [-0.2, 0) is 4.79 Å². The molecule has 1 amide bonds. The van der Waals surface area contributed by atoms with Crippen molar-refractivity contribution in [2.45, 2.75) is 46.0 Å². The van der Waals surface area contributed by atoms with Crippen molar-refractivity contribution in [3.8, 4) is 0 Å². The first-order valence-corrected chi connectivity index (χ1v) is 5.12.